The van der Waals surface area contributed by atoms with Crippen LogP contribution in [0.25, 0.3) is 0 Å². The maximum absolute atomic E-state index is 13.0. The quantitative estimate of drug-likeness (QED) is 0.478. The van der Waals surface area contributed by atoms with Gasteiger partial charge in [0.1, 0.15) is 11.3 Å². The first-order valence-electron chi connectivity index (χ1n) is 11.7. The molecule has 1 saturated carbocycles. The number of sulfone groups is 1. The second-order valence-electron chi connectivity index (χ2n) is 8.77. The highest BCUT2D eigenvalue weighted by molar-refractivity contribution is 7.90. The Labute approximate surface area is 210 Å². The molecular weight excluding hydrogens is 480 g/mol. The van der Waals surface area contributed by atoms with Crippen LogP contribution in [0.15, 0.2) is 71.9 Å². The highest BCUT2D eigenvalue weighted by Crippen LogP contribution is 2.27. The Hall–Kier alpha value is -3.79. The Balaban J connectivity index is 1.32. The van der Waals surface area contributed by atoms with Gasteiger partial charge in [-0.2, -0.15) is 0 Å². The Morgan fingerprint density at radius 1 is 0.972 bits per heavy atom. The lowest BCUT2D eigenvalue weighted by Gasteiger charge is -2.28. The highest BCUT2D eigenvalue weighted by atomic mass is 32.2. The van der Waals surface area contributed by atoms with Crippen LogP contribution in [0.3, 0.4) is 0 Å². The Morgan fingerprint density at radius 3 is 2.47 bits per heavy atom. The number of carbonyl (C=O) groups excluding carboxylic acids is 2. The summed E-state index contributed by atoms with van der Waals surface area (Å²) in [7, 11) is -3.40. The number of benzene rings is 1. The van der Waals surface area contributed by atoms with Gasteiger partial charge in [0.05, 0.1) is 17.1 Å². The number of nitrogens with zero attached hydrogens (tertiary/aromatic N) is 2. The Bertz CT molecular complexity index is 1320. The molecule has 3 aromatic rings. The zero-order valence-electron chi connectivity index (χ0n) is 19.9. The first kappa shape index (κ1) is 25.3. The van der Waals surface area contributed by atoms with Crippen molar-refractivity contribution in [2.75, 3.05) is 6.26 Å². The molecular formula is C26H28N4O5S. The van der Waals surface area contributed by atoms with Gasteiger partial charge in [0, 0.05) is 30.6 Å². The van der Waals surface area contributed by atoms with Crippen molar-refractivity contribution in [3.05, 3.63) is 78.2 Å². The number of amides is 2. The number of ether oxygens (including phenoxy) is 1. The van der Waals surface area contributed by atoms with Crippen molar-refractivity contribution in [1.29, 1.82) is 0 Å². The Morgan fingerprint density at radius 2 is 1.75 bits per heavy atom. The number of carbonyl (C=O) groups is 2. The summed E-state index contributed by atoms with van der Waals surface area (Å²) >= 11 is 0. The van der Waals surface area contributed by atoms with E-state index in [0.717, 1.165) is 11.9 Å². The summed E-state index contributed by atoms with van der Waals surface area (Å²) < 4.78 is 29.4. The fourth-order valence-electron chi connectivity index (χ4n) is 4.11. The molecule has 0 aliphatic heterocycles. The number of hydrogen-bond donors (Lipinski definition) is 2. The third-order valence-electron chi connectivity index (χ3n) is 6.07. The SMILES string of the molecule is CS(=O)(=O)c1cccc(Oc2ncccc2C(=O)N[C@H]2CC[C@@H](C(=O)NCc3ccccn3)CC2)c1. The van der Waals surface area contributed by atoms with E-state index in [1.54, 1.807) is 30.5 Å². The molecule has 36 heavy (non-hydrogen) atoms. The molecule has 0 radical (unpaired) electrons. The van der Waals surface area contributed by atoms with Crippen molar-refractivity contribution in [3.8, 4) is 11.6 Å². The monoisotopic (exact) mass is 508 g/mol. The minimum Gasteiger partial charge on any atom is -0.438 e. The molecule has 1 aromatic carbocycles. The number of nitrogens with one attached hydrogen (secondary N) is 2. The molecule has 2 amide bonds. The fourth-order valence-corrected chi connectivity index (χ4v) is 4.77. The van der Waals surface area contributed by atoms with Crippen LogP contribution < -0.4 is 15.4 Å². The van der Waals surface area contributed by atoms with Gasteiger partial charge in [-0.05, 0) is 68.1 Å². The lowest BCUT2D eigenvalue weighted by atomic mass is 9.85. The van der Waals surface area contributed by atoms with Gasteiger partial charge in [0.2, 0.25) is 11.8 Å². The molecule has 0 atom stereocenters. The maximum Gasteiger partial charge on any atom is 0.257 e. The van der Waals surface area contributed by atoms with Crippen molar-refractivity contribution in [3.63, 3.8) is 0 Å². The van der Waals surface area contributed by atoms with E-state index < -0.39 is 9.84 Å². The molecule has 1 aliphatic rings. The Kier molecular flexibility index (Phi) is 7.94. The summed E-state index contributed by atoms with van der Waals surface area (Å²) in [6, 6.07) is 14.8. The number of aromatic nitrogens is 2. The first-order chi connectivity index (χ1) is 17.3. The van der Waals surface area contributed by atoms with Crippen LogP contribution in [0, 0.1) is 5.92 Å². The molecule has 1 fully saturated rings. The van der Waals surface area contributed by atoms with Crippen molar-refractivity contribution >= 4 is 21.7 Å². The van der Waals surface area contributed by atoms with E-state index in [4.69, 9.17) is 4.74 Å². The van der Waals surface area contributed by atoms with Gasteiger partial charge in [-0.25, -0.2) is 13.4 Å². The van der Waals surface area contributed by atoms with E-state index in [0.29, 0.717) is 32.2 Å². The van der Waals surface area contributed by atoms with E-state index in [2.05, 4.69) is 20.6 Å². The molecule has 0 spiro atoms. The van der Waals surface area contributed by atoms with Crippen LogP contribution in [0.1, 0.15) is 41.7 Å². The van der Waals surface area contributed by atoms with E-state index in [1.165, 1.54) is 18.3 Å². The van der Waals surface area contributed by atoms with Gasteiger partial charge in [0.15, 0.2) is 9.84 Å². The fraction of sp³-hybridized carbons (Fsp3) is 0.308. The maximum atomic E-state index is 13.0. The molecule has 2 aromatic heterocycles. The van der Waals surface area contributed by atoms with Crippen LogP contribution in [0.5, 0.6) is 11.6 Å². The smallest absolute Gasteiger partial charge is 0.257 e. The third kappa shape index (κ3) is 6.66. The van der Waals surface area contributed by atoms with Crippen molar-refractivity contribution in [2.24, 2.45) is 5.92 Å². The minimum absolute atomic E-state index is 0.00435. The summed E-state index contributed by atoms with van der Waals surface area (Å²) in [5, 5.41) is 5.96. The summed E-state index contributed by atoms with van der Waals surface area (Å²) in [6.07, 6.45) is 7.02. The predicted molar refractivity (Wildman–Crippen MR) is 133 cm³/mol. The van der Waals surface area contributed by atoms with Gasteiger partial charge >= 0.3 is 0 Å². The van der Waals surface area contributed by atoms with Crippen LogP contribution >= 0.6 is 0 Å². The normalized spacial score (nSPS) is 17.7. The van der Waals surface area contributed by atoms with Crippen molar-refractivity contribution < 1.29 is 22.7 Å². The highest BCUT2D eigenvalue weighted by Gasteiger charge is 2.28. The zero-order chi connectivity index (χ0) is 25.5. The van der Waals surface area contributed by atoms with Crippen LogP contribution in [-0.4, -0.2) is 42.5 Å². The summed E-state index contributed by atoms with van der Waals surface area (Å²) in [5.74, 6) is -0.0717. The second kappa shape index (κ2) is 11.3. The van der Waals surface area contributed by atoms with Gasteiger partial charge in [-0.15, -0.1) is 0 Å². The van der Waals surface area contributed by atoms with E-state index in [-0.39, 0.29) is 45.9 Å². The molecule has 188 valence electrons. The van der Waals surface area contributed by atoms with Crippen molar-refractivity contribution in [1.82, 2.24) is 20.6 Å². The average molecular weight is 509 g/mol. The molecule has 4 rings (SSSR count). The second-order valence-corrected chi connectivity index (χ2v) is 10.8. The van der Waals surface area contributed by atoms with Gasteiger partial charge in [-0.1, -0.05) is 12.1 Å². The summed E-state index contributed by atoms with van der Waals surface area (Å²) in [5.41, 5.74) is 1.06. The average Bonchev–Trinajstić information content (AvgIpc) is 2.88. The van der Waals surface area contributed by atoms with Gasteiger partial charge in [-0.3, -0.25) is 14.6 Å². The first-order valence-corrected chi connectivity index (χ1v) is 13.6. The largest absolute Gasteiger partial charge is 0.438 e. The zero-order valence-corrected chi connectivity index (χ0v) is 20.7. The van der Waals surface area contributed by atoms with Crippen LogP contribution in [0.2, 0.25) is 0 Å². The number of rotatable bonds is 8. The standard InChI is InChI=1S/C26H28N4O5S/c1-36(33,34)22-8-4-7-21(16-22)35-26-23(9-5-15-28-26)25(32)30-19-12-10-18(11-13-19)24(31)29-17-20-6-2-3-14-27-20/h2-9,14-16,18-19H,10-13,17H2,1H3,(H,29,31)(H,30,32)/t18-,19+. The van der Waals surface area contributed by atoms with Gasteiger partial charge in [0.25, 0.3) is 5.91 Å². The van der Waals surface area contributed by atoms with Crippen LogP contribution in [0.4, 0.5) is 0 Å². The molecule has 0 unspecified atom stereocenters. The molecule has 2 heterocycles. The van der Waals surface area contributed by atoms with E-state index in [9.17, 15) is 18.0 Å². The molecule has 1 aliphatic carbocycles. The van der Waals surface area contributed by atoms with Gasteiger partial charge < -0.3 is 15.4 Å². The van der Waals surface area contributed by atoms with E-state index in [1.807, 2.05) is 18.2 Å². The summed E-state index contributed by atoms with van der Waals surface area (Å²) in [6.45, 7) is 0.396. The minimum atomic E-state index is -3.40. The number of hydrogen-bond acceptors (Lipinski definition) is 7. The molecule has 10 heteroatoms. The van der Waals surface area contributed by atoms with E-state index >= 15 is 0 Å². The topological polar surface area (TPSA) is 127 Å². The predicted octanol–water partition coefficient (Wildman–Crippen LogP) is 3.28. The number of pyridine rings is 2. The third-order valence-corrected chi connectivity index (χ3v) is 7.18. The molecule has 0 saturated heterocycles. The molecule has 9 nitrogen and oxygen atoms in total. The lowest BCUT2D eigenvalue weighted by Crippen LogP contribution is -2.41. The summed E-state index contributed by atoms with van der Waals surface area (Å²) in [4.78, 5) is 34.0. The molecule has 2 N–H and O–H groups in total. The molecule has 0 bridgehead atoms. The van der Waals surface area contributed by atoms with Crippen LogP contribution in [-0.2, 0) is 21.2 Å². The lowest BCUT2D eigenvalue weighted by molar-refractivity contribution is -0.126. The van der Waals surface area contributed by atoms with Crippen molar-refractivity contribution in [2.45, 2.75) is 43.2 Å².